The van der Waals surface area contributed by atoms with Crippen LogP contribution in [0.15, 0.2) is 41.4 Å². The van der Waals surface area contributed by atoms with Gasteiger partial charge in [-0.05, 0) is 0 Å². The first kappa shape index (κ1) is 14.5. The second-order valence-corrected chi connectivity index (χ2v) is 6.41. The second-order valence-electron chi connectivity index (χ2n) is 4.36. The van der Waals surface area contributed by atoms with Crippen LogP contribution in [-0.4, -0.2) is 15.0 Å². The molecule has 0 heterocycles. The molecule has 0 aliphatic carbocycles. The summed E-state index contributed by atoms with van der Waals surface area (Å²) in [4.78, 5) is 2.37. The third kappa shape index (κ3) is 8.24. The molecule has 0 radical (unpaired) electrons. The van der Waals surface area contributed by atoms with E-state index >= 15 is 0 Å². The number of unbranched alkanes of at least 4 members (excludes halogenated alkanes) is 6. The molecule has 0 bridgehead atoms. The van der Waals surface area contributed by atoms with Crippen LogP contribution in [0.3, 0.4) is 0 Å². The molecule has 0 fully saturated rings. The molecule has 94 valence electrons. The summed E-state index contributed by atoms with van der Waals surface area (Å²) in [5.41, 5.74) is 0. The van der Waals surface area contributed by atoms with Crippen molar-refractivity contribution in [3.8, 4) is 0 Å². The molecule has 17 heavy (non-hydrogen) atoms. The molecule has 0 unspecified atom stereocenters. The van der Waals surface area contributed by atoms with Gasteiger partial charge < -0.3 is 0 Å². The van der Waals surface area contributed by atoms with Crippen molar-refractivity contribution in [2.75, 3.05) is 0 Å². The molecule has 1 aromatic rings. The maximum atomic E-state index is 2.37. The van der Waals surface area contributed by atoms with Crippen LogP contribution in [0.4, 0.5) is 0 Å². The van der Waals surface area contributed by atoms with E-state index in [1.165, 1.54) is 49.4 Å². The van der Waals surface area contributed by atoms with Crippen molar-refractivity contribution < 1.29 is 0 Å². The average molecular weight is 295 g/mol. The molecular formula is C16H24Se. The van der Waals surface area contributed by atoms with Gasteiger partial charge in [0.1, 0.15) is 0 Å². The zero-order valence-corrected chi connectivity index (χ0v) is 12.6. The summed E-state index contributed by atoms with van der Waals surface area (Å²) in [5, 5.41) is 0. The molecule has 0 nitrogen and oxygen atoms in total. The van der Waals surface area contributed by atoms with E-state index in [4.69, 9.17) is 0 Å². The van der Waals surface area contributed by atoms with Gasteiger partial charge in [-0.15, -0.1) is 0 Å². The van der Waals surface area contributed by atoms with Gasteiger partial charge in [-0.1, -0.05) is 0 Å². The molecule has 0 spiro atoms. The van der Waals surface area contributed by atoms with Crippen LogP contribution in [0.25, 0.3) is 0 Å². The summed E-state index contributed by atoms with van der Waals surface area (Å²) >= 11 is 0.531. The fraction of sp³-hybridized carbons (Fsp3) is 0.500. The van der Waals surface area contributed by atoms with Crippen LogP contribution in [0, 0.1) is 0 Å². The van der Waals surface area contributed by atoms with Crippen LogP contribution in [0.1, 0.15) is 51.9 Å². The summed E-state index contributed by atoms with van der Waals surface area (Å²) in [7, 11) is 0. The number of rotatable bonds is 9. The number of hydrogen-bond donors (Lipinski definition) is 0. The summed E-state index contributed by atoms with van der Waals surface area (Å²) < 4.78 is 1.47. The van der Waals surface area contributed by atoms with Crippen molar-refractivity contribution in [3.63, 3.8) is 0 Å². The Bertz CT molecular complexity index is 290. The first-order valence-electron chi connectivity index (χ1n) is 6.80. The summed E-state index contributed by atoms with van der Waals surface area (Å²) in [6.07, 6.45) is 12.0. The van der Waals surface area contributed by atoms with E-state index < -0.39 is 0 Å². The van der Waals surface area contributed by atoms with E-state index in [0.717, 1.165) is 0 Å². The van der Waals surface area contributed by atoms with Gasteiger partial charge in [-0.2, -0.15) is 0 Å². The van der Waals surface area contributed by atoms with Crippen LogP contribution >= 0.6 is 0 Å². The standard InChI is InChI=1S/C16H24Se/c1-2-3-4-5-6-7-8-12-15-17-16-13-10-9-11-14-16/h9-15H,2-8H2,1H3. The average Bonchev–Trinajstić information content (AvgIpc) is 2.38. The number of benzene rings is 1. The molecule has 1 heteroatoms. The SMILES string of the molecule is CCCCCCCCC=C[Se]c1ccccc1. The topological polar surface area (TPSA) is 0 Å². The molecule has 0 aliphatic heterocycles. The molecule has 0 saturated heterocycles. The molecule has 1 aromatic carbocycles. The zero-order valence-electron chi connectivity index (χ0n) is 10.9. The minimum atomic E-state index is 0.531. The van der Waals surface area contributed by atoms with Crippen molar-refractivity contribution in [3.05, 3.63) is 41.4 Å². The predicted molar refractivity (Wildman–Crippen MR) is 79.0 cm³/mol. The van der Waals surface area contributed by atoms with Gasteiger partial charge in [0.15, 0.2) is 0 Å². The Hall–Kier alpha value is -0.521. The second kappa shape index (κ2) is 10.6. The van der Waals surface area contributed by atoms with Crippen LogP contribution in [0.5, 0.6) is 0 Å². The first-order valence-corrected chi connectivity index (χ1v) is 8.64. The number of hydrogen-bond acceptors (Lipinski definition) is 0. The van der Waals surface area contributed by atoms with E-state index in [9.17, 15) is 0 Å². The van der Waals surface area contributed by atoms with Gasteiger partial charge in [0.05, 0.1) is 0 Å². The predicted octanol–water partition coefficient (Wildman–Crippen LogP) is 4.28. The molecule has 1 rings (SSSR count). The van der Waals surface area contributed by atoms with E-state index in [-0.39, 0.29) is 0 Å². The van der Waals surface area contributed by atoms with Gasteiger partial charge in [0.2, 0.25) is 0 Å². The van der Waals surface area contributed by atoms with Gasteiger partial charge in [0, 0.05) is 0 Å². The van der Waals surface area contributed by atoms with Crippen LogP contribution < -0.4 is 4.46 Å². The van der Waals surface area contributed by atoms with Crippen LogP contribution in [-0.2, 0) is 0 Å². The molecule has 0 N–H and O–H groups in total. The van der Waals surface area contributed by atoms with Crippen molar-refractivity contribution in [2.24, 2.45) is 0 Å². The Morgan fingerprint density at radius 2 is 1.65 bits per heavy atom. The van der Waals surface area contributed by atoms with Crippen molar-refractivity contribution in [1.82, 2.24) is 0 Å². The Balaban J connectivity index is 1.96. The Morgan fingerprint density at radius 1 is 0.941 bits per heavy atom. The fourth-order valence-corrected chi connectivity index (χ4v) is 3.21. The van der Waals surface area contributed by atoms with E-state index in [2.05, 4.69) is 48.3 Å². The van der Waals surface area contributed by atoms with Crippen molar-refractivity contribution >= 4 is 19.4 Å². The van der Waals surface area contributed by atoms with Gasteiger partial charge >= 0.3 is 113 Å². The fourth-order valence-electron chi connectivity index (χ4n) is 1.74. The van der Waals surface area contributed by atoms with E-state index in [0.29, 0.717) is 15.0 Å². The van der Waals surface area contributed by atoms with E-state index in [1.807, 2.05) is 0 Å². The molecule has 0 amide bonds. The molecule has 0 aliphatic rings. The molecule has 0 atom stereocenters. The Kier molecular flexibility index (Phi) is 9.09. The van der Waals surface area contributed by atoms with Crippen LogP contribution in [0.2, 0.25) is 0 Å². The van der Waals surface area contributed by atoms with Gasteiger partial charge in [-0.25, -0.2) is 0 Å². The third-order valence-corrected chi connectivity index (χ3v) is 4.60. The quantitative estimate of drug-likeness (QED) is 0.471. The third-order valence-electron chi connectivity index (χ3n) is 2.77. The van der Waals surface area contributed by atoms with Crippen molar-refractivity contribution in [1.29, 1.82) is 0 Å². The summed E-state index contributed by atoms with van der Waals surface area (Å²) in [6.45, 7) is 2.27. The maximum absolute atomic E-state index is 2.37. The normalized spacial score (nSPS) is 11.1. The first-order chi connectivity index (χ1) is 8.43. The van der Waals surface area contributed by atoms with E-state index in [1.54, 1.807) is 0 Å². The monoisotopic (exact) mass is 296 g/mol. The Morgan fingerprint density at radius 3 is 2.41 bits per heavy atom. The molecule has 0 saturated carbocycles. The van der Waals surface area contributed by atoms with Gasteiger partial charge in [-0.3, -0.25) is 0 Å². The minimum absolute atomic E-state index is 0.531. The van der Waals surface area contributed by atoms with Crippen molar-refractivity contribution in [2.45, 2.75) is 51.9 Å². The Labute approximate surface area is 113 Å². The number of allylic oxidation sites excluding steroid dienone is 1. The summed E-state index contributed by atoms with van der Waals surface area (Å²) in [5.74, 6) is 0. The van der Waals surface area contributed by atoms with Gasteiger partial charge in [0.25, 0.3) is 0 Å². The zero-order chi connectivity index (χ0) is 12.2. The molecular weight excluding hydrogens is 271 g/mol. The molecule has 0 aromatic heterocycles. The summed E-state index contributed by atoms with van der Waals surface area (Å²) in [6, 6.07) is 10.8.